The van der Waals surface area contributed by atoms with Crippen molar-refractivity contribution in [2.75, 3.05) is 13.2 Å². The number of halogens is 3. The van der Waals surface area contributed by atoms with Crippen molar-refractivity contribution in [2.45, 2.75) is 18.9 Å². The molecule has 1 fully saturated rings. The number of hydrogen-bond acceptors (Lipinski definition) is 2. The minimum Gasteiger partial charge on any atom is -0.381 e. The topological polar surface area (TPSA) is 35.2 Å². The Labute approximate surface area is 115 Å². The molecular formula is C12H16BrClFNO. The normalized spacial score (nSPS) is 18.5. The van der Waals surface area contributed by atoms with Crippen LogP contribution >= 0.6 is 28.3 Å². The highest BCUT2D eigenvalue weighted by molar-refractivity contribution is 9.10. The lowest BCUT2D eigenvalue weighted by Crippen LogP contribution is -2.27. The van der Waals surface area contributed by atoms with Crippen LogP contribution in [0.2, 0.25) is 0 Å². The second kappa shape index (κ2) is 6.69. The zero-order valence-electron chi connectivity index (χ0n) is 9.36. The summed E-state index contributed by atoms with van der Waals surface area (Å²) in [7, 11) is 0. The average Bonchev–Trinajstić information content (AvgIpc) is 2.29. The van der Waals surface area contributed by atoms with Gasteiger partial charge < -0.3 is 10.5 Å². The van der Waals surface area contributed by atoms with Crippen LogP contribution in [0.1, 0.15) is 24.4 Å². The number of nitrogens with two attached hydrogens (primary N) is 1. The molecule has 1 aromatic rings. The van der Waals surface area contributed by atoms with Crippen LogP contribution in [0.3, 0.4) is 0 Å². The maximum Gasteiger partial charge on any atom is 0.124 e. The first-order chi connectivity index (χ1) is 7.68. The molecule has 96 valence electrons. The van der Waals surface area contributed by atoms with Crippen LogP contribution < -0.4 is 5.73 Å². The van der Waals surface area contributed by atoms with Crippen molar-refractivity contribution >= 4 is 28.3 Å². The Hall–Kier alpha value is -0.160. The van der Waals surface area contributed by atoms with E-state index in [2.05, 4.69) is 15.9 Å². The van der Waals surface area contributed by atoms with E-state index < -0.39 is 0 Å². The molecule has 17 heavy (non-hydrogen) atoms. The summed E-state index contributed by atoms with van der Waals surface area (Å²) in [5, 5.41) is 0. The van der Waals surface area contributed by atoms with E-state index in [1.807, 2.05) is 0 Å². The van der Waals surface area contributed by atoms with Crippen LogP contribution in [-0.2, 0) is 4.74 Å². The smallest absolute Gasteiger partial charge is 0.124 e. The number of ether oxygens (including phenoxy) is 1. The molecule has 0 bridgehead atoms. The third-order valence-corrected chi connectivity index (χ3v) is 3.78. The molecule has 2 nitrogen and oxygen atoms in total. The van der Waals surface area contributed by atoms with Crippen LogP contribution in [-0.4, -0.2) is 13.2 Å². The first-order valence-corrected chi connectivity index (χ1v) is 6.26. The standard InChI is InChI=1S/C12H15BrFNO.ClH/c13-11-7-9(14)1-2-10(11)12(15)8-3-5-16-6-4-8;/h1-2,7-8,12H,3-6,15H2;1H/t12-;/m1./s1. The highest BCUT2D eigenvalue weighted by atomic mass is 79.9. The van der Waals surface area contributed by atoms with Crippen LogP contribution in [0.4, 0.5) is 4.39 Å². The molecule has 1 aromatic carbocycles. The fourth-order valence-electron chi connectivity index (χ4n) is 2.10. The second-order valence-electron chi connectivity index (χ2n) is 4.14. The Kier molecular flexibility index (Phi) is 5.86. The summed E-state index contributed by atoms with van der Waals surface area (Å²) in [6.45, 7) is 1.55. The molecule has 1 heterocycles. The Morgan fingerprint density at radius 1 is 1.35 bits per heavy atom. The monoisotopic (exact) mass is 323 g/mol. The average molecular weight is 325 g/mol. The Morgan fingerprint density at radius 3 is 2.59 bits per heavy atom. The van der Waals surface area contributed by atoms with Crippen molar-refractivity contribution in [3.8, 4) is 0 Å². The van der Waals surface area contributed by atoms with E-state index in [1.54, 1.807) is 6.07 Å². The summed E-state index contributed by atoms with van der Waals surface area (Å²) < 4.78 is 19.0. The quantitative estimate of drug-likeness (QED) is 0.904. The van der Waals surface area contributed by atoms with Gasteiger partial charge in [0.1, 0.15) is 5.82 Å². The van der Waals surface area contributed by atoms with Gasteiger partial charge in [0.25, 0.3) is 0 Å². The third-order valence-electron chi connectivity index (χ3n) is 3.10. The van der Waals surface area contributed by atoms with Gasteiger partial charge in [-0.3, -0.25) is 0 Å². The highest BCUT2D eigenvalue weighted by Crippen LogP contribution is 2.32. The molecule has 5 heteroatoms. The largest absolute Gasteiger partial charge is 0.381 e. The number of benzene rings is 1. The fourth-order valence-corrected chi connectivity index (χ4v) is 2.72. The lowest BCUT2D eigenvalue weighted by Gasteiger charge is -2.28. The van der Waals surface area contributed by atoms with E-state index in [9.17, 15) is 4.39 Å². The molecule has 0 radical (unpaired) electrons. The predicted molar refractivity (Wildman–Crippen MR) is 71.8 cm³/mol. The first-order valence-electron chi connectivity index (χ1n) is 5.47. The molecule has 2 rings (SSSR count). The van der Waals surface area contributed by atoms with Crippen LogP contribution in [0.5, 0.6) is 0 Å². The highest BCUT2D eigenvalue weighted by Gasteiger charge is 2.23. The van der Waals surface area contributed by atoms with E-state index in [1.165, 1.54) is 12.1 Å². The molecule has 2 N–H and O–H groups in total. The predicted octanol–water partition coefficient (Wildman–Crippen LogP) is 3.44. The van der Waals surface area contributed by atoms with Gasteiger partial charge in [-0.1, -0.05) is 22.0 Å². The van der Waals surface area contributed by atoms with Gasteiger partial charge in [0, 0.05) is 23.7 Å². The van der Waals surface area contributed by atoms with Crippen molar-refractivity contribution in [3.63, 3.8) is 0 Å². The summed E-state index contributed by atoms with van der Waals surface area (Å²) in [4.78, 5) is 0. The van der Waals surface area contributed by atoms with Crippen molar-refractivity contribution in [1.29, 1.82) is 0 Å². The van der Waals surface area contributed by atoms with Crippen molar-refractivity contribution in [3.05, 3.63) is 34.1 Å². The van der Waals surface area contributed by atoms with Crippen LogP contribution in [0.15, 0.2) is 22.7 Å². The summed E-state index contributed by atoms with van der Waals surface area (Å²) in [5.41, 5.74) is 7.19. The maximum atomic E-state index is 13.0. The summed E-state index contributed by atoms with van der Waals surface area (Å²) in [6, 6.07) is 4.65. The van der Waals surface area contributed by atoms with Gasteiger partial charge >= 0.3 is 0 Å². The lowest BCUT2D eigenvalue weighted by molar-refractivity contribution is 0.0583. The molecule has 1 atom stereocenters. The second-order valence-corrected chi connectivity index (χ2v) is 5.00. The fraction of sp³-hybridized carbons (Fsp3) is 0.500. The van der Waals surface area contributed by atoms with Gasteiger partial charge in [-0.15, -0.1) is 12.4 Å². The van der Waals surface area contributed by atoms with E-state index >= 15 is 0 Å². The maximum absolute atomic E-state index is 13.0. The number of hydrogen-bond donors (Lipinski definition) is 1. The molecule has 0 aromatic heterocycles. The van der Waals surface area contributed by atoms with Crippen molar-refractivity contribution in [1.82, 2.24) is 0 Å². The minimum atomic E-state index is -0.241. The summed E-state index contributed by atoms with van der Waals surface area (Å²) in [5.74, 6) is 0.185. The van der Waals surface area contributed by atoms with Gasteiger partial charge in [0.2, 0.25) is 0 Å². The summed E-state index contributed by atoms with van der Waals surface area (Å²) >= 11 is 3.36. The van der Waals surface area contributed by atoms with Gasteiger partial charge in [-0.2, -0.15) is 0 Å². The Bertz CT molecular complexity index is 372. The Morgan fingerprint density at radius 2 is 2.00 bits per heavy atom. The molecule has 0 unspecified atom stereocenters. The van der Waals surface area contributed by atoms with Gasteiger partial charge in [0.15, 0.2) is 0 Å². The van der Waals surface area contributed by atoms with Crippen LogP contribution in [0.25, 0.3) is 0 Å². The zero-order chi connectivity index (χ0) is 11.5. The molecule has 1 saturated heterocycles. The van der Waals surface area contributed by atoms with Crippen LogP contribution in [0, 0.1) is 11.7 Å². The van der Waals surface area contributed by atoms with E-state index in [0.717, 1.165) is 36.1 Å². The molecular weight excluding hydrogens is 308 g/mol. The molecule has 0 saturated carbocycles. The Balaban J connectivity index is 0.00000144. The van der Waals surface area contributed by atoms with Gasteiger partial charge in [0.05, 0.1) is 0 Å². The number of rotatable bonds is 2. The van der Waals surface area contributed by atoms with E-state index in [-0.39, 0.29) is 24.3 Å². The zero-order valence-corrected chi connectivity index (χ0v) is 11.8. The first kappa shape index (κ1) is 14.9. The summed E-state index contributed by atoms with van der Waals surface area (Å²) in [6.07, 6.45) is 1.95. The van der Waals surface area contributed by atoms with Crippen molar-refractivity contribution < 1.29 is 9.13 Å². The molecule has 1 aliphatic rings. The van der Waals surface area contributed by atoms with E-state index in [0.29, 0.717) is 5.92 Å². The SMILES string of the molecule is Cl.N[C@@H](c1ccc(F)cc1Br)C1CCOCC1. The molecule has 0 aliphatic carbocycles. The molecule has 0 amide bonds. The molecule has 0 spiro atoms. The van der Waals surface area contributed by atoms with Gasteiger partial charge in [-0.25, -0.2) is 4.39 Å². The van der Waals surface area contributed by atoms with Crippen molar-refractivity contribution in [2.24, 2.45) is 11.7 Å². The third kappa shape index (κ3) is 3.65. The van der Waals surface area contributed by atoms with Gasteiger partial charge in [-0.05, 0) is 36.5 Å². The molecule has 1 aliphatic heterocycles. The van der Waals surface area contributed by atoms with E-state index in [4.69, 9.17) is 10.5 Å². The minimum absolute atomic E-state index is 0. The lowest BCUT2D eigenvalue weighted by atomic mass is 9.88.